The van der Waals surface area contributed by atoms with Crippen LogP contribution in [0.15, 0.2) is 16.6 Å². The maximum Gasteiger partial charge on any atom is 0.306 e. The zero-order valence-corrected chi connectivity index (χ0v) is 11.4. The third-order valence-corrected chi connectivity index (χ3v) is 2.74. The smallest absolute Gasteiger partial charge is 0.306 e. The predicted octanol–water partition coefficient (Wildman–Crippen LogP) is 1.80. The van der Waals surface area contributed by atoms with Crippen molar-refractivity contribution < 1.29 is 22.1 Å². The van der Waals surface area contributed by atoms with Gasteiger partial charge in [-0.3, -0.25) is 0 Å². The fourth-order valence-electron chi connectivity index (χ4n) is 1.12. The summed E-state index contributed by atoms with van der Waals surface area (Å²) in [5.41, 5.74) is 0. The lowest BCUT2D eigenvalue weighted by Crippen LogP contribution is -2.06. The van der Waals surface area contributed by atoms with Gasteiger partial charge in [0.05, 0.1) is 24.9 Å². The van der Waals surface area contributed by atoms with E-state index in [0.29, 0.717) is 16.0 Å². The first-order valence-electron chi connectivity index (χ1n) is 4.18. The number of halogens is 1. The maximum absolute atomic E-state index is 11.0. The van der Waals surface area contributed by atoms with Crippen molar-refractivity contribution in [2.75, 3.05) is 20.5 Å². The quantitative estimate of drug-likeness (QED) is 0.794. The van der Waals surface area contributed by atoms with E-state index >= 15 is 0 Å². The molecule has 90 valence electrons. The van der Waals surface area contributed by atoms with Crippen molar-refractivity contribution in [1.82, 2.24) is 0 Å². The van der Waals surface area contributed by atoms with Gasteiger partial charge in [0, 0.05) is 12.1 Å². The van der Waals surface area contributed by atoms with Gasteiger partial charge in [-0.15, -0.1) is 0 Å². The Balaban J connectivity index is 3.20. The molecule has 1 rings (SSSR count). The van der Waals surface area contributed by atoms with Crippen LogP contribution >= 0.6 is 15.9 Å². The molecule has 0 saturated heterocycles. The lowest BCUT2D eigenvalue weighted by Gasteiger charge is -2.11. The van der Waals surface area contributed by atoms with Gasteiger partial charge in [-0.2, -0.15) is 8.42 Å². The molecule has 0 aliphatic heterocycles. The maximum atomic E-state index is 11.0. The van der Waals surface area contributed by atoms with Gasteiger partial charge < -0.3 is 13.7 Å². The van der Waals surface area contributed by atoms with Crippen molar-refractivity contribution >= 4 is 26.0 Å². The van der Waals surface area contributed by atoms with E-state index in [-0.39, 0.29) is 5.75 Å². The molecule has 0 radical (unpaired) electrons. The molecule has 5 nitrogen and oxygen atoms in total. The molecule has 0 N–H and O–H groups in total. The molecule has 7 heteroatoms. The predicted molar refractivity (Wildman–Crippen MR) is 62.7 cm³/mol. The molecule has 0 fully saturated rings. The highest BCUT2D eigenvalue weighted by Crippen LogP contribution is 2.39. The van der Waals surface area contributed by atoms with Gasteiger partial charge in [-0.1, -0.05) is 0 Å². The third kappa shape index (κ3) is 3.28. The summed E-state index contributed by atoms with van der Waals surface area (Å²) in [5.74, 6) is 1.02. The third-order valence-electron chi connectivity index (χ3n) is 1.65. The first kappa shape index (κ1) is 13.1. The van der Waals surface area contributed by atoms with Crippen molar-refractivity contribution in [2.45, 2.75) is 0 Å². The topological polar surface area (TPSA) is 61.8 Å². The summed E-state index contributed by atoms with van der Waals surface area (Å²) in [7, 11) is -0.617. The van der Waals surface area contributed by atoms with Gasteiger partial charge in [0.25, 0.3) is 0 Å². The van der Waals surface area contributed by atoms with E-state index in [2.05, 4.69) is 15.9 Å². The summed E-state index contributed by atoms with van der Waals surface area (Å²) >= 11 is 3.23. The van der Waals surface area contributed by atoms with Crippen molar-refractivity contribution in [1.29, 1.82) is 0 Å². The highest BCUT2D eigenvalue weighted by molar-refractivity contribution is 9.10. The second kappa shape index (κ2) is 4.92. The van der Waals surface area contributed by atoms with Crippen LogP contribution in [0.2, 0.25) is 0 Å². The molecule has 1 aromatic carbocycles. The molecule has 0 heterocycles. The van der Waals surface area contributed by atoms with E-state index in [1.54, 1.807) is 0 Å². The summed E-state index contributed by atoms with van der Waals surface area (Å²) in [6.07, 6.45) is 0.970. The summed E-state index contributed by atoms with van der Waals surface area (Å²) in [6, 6.07) is 2.92. The summed E-state index contributed by atoms with van der Waals surface area (Å²) in [5, 5.41) is 0. The van der Waals surface area contributed by atoms with Crippen molar-refractivity contribution in [3.63, 3.8) is 0 Å². The molecule has 0 bridgehead atoms. The second-order valence-corrected chi connectivity index (χ2v) is 5.36. The number of ether oxygens (including phenoxy) is 2. The van der Waals surface area contributed by atoms with Crippen LogP contribution in [-0.2, 0) is 10.1 Å². The minimum absolute atomic E-state index is 0.159. The molecule has 0 spiro atoms. The zero-order chi connectivity index (χ0) is 12.3. The van der Waals surface area contributed by atoms with Crippen LogP contribution in [-0.4, -0.2) is 28.9 Å². The highest BCUT2D eigenvalue weighted by Gasteiger charge is 2.13. The Kier molecular flexibility index (Phi) is 4.03. The first-order valence-corrected chi connectivity index (χ1v) is 6.79. The number of hydrogen-bond acceptors (Lipinski definition) is 5. The molecular weight excluding hydrogens is 300 g/mol. The Morgan fingerprint density at radius 1 is 1.19 bits per heavy atom. The van der Waals surface area contributed by atoms with Crippen molar-refractivity contribution in [3.05, 3.63) is 16.6 Å². The lowest BCUT2D eigenvalue weighted by atomic mass is 10.3. The Bertz CT molecular complexity index is 483. The standard InChI is InChI=1S/C9H11BrO5S/c1-13-8-5-6(15-16(3,11)12)4-7(10)9(8)14-2/h4-5H,1-3H3. The van der Waals surface area contributed by atoms with E-state index in [1.807, 2.05) is 0 Å². The van der Waals surface area contributed by atoms with Crippen LogP contribution in [0.25, 0.3) is 0 Å². The zero-order valence-electron chi connectivity index (χ0n) is 8.98. The fourth-order valence-corrected chi connectivity index (χ4v) is 2.15. The number of rotatable bonds is 4. The van der Waals surface area contributed by atoms with Gasteiger partial charge in [-0.05, 0) is 15.9 Å². The van der Waals surface area contributed by atoms with Crippen molar-refractivity contribution in [2.24, 2.45) is 0 Å². The van der Waals surface area contributed by atoms with E-state index in [9.17, 15) is 8.42 Å². The fraction of sp³-hybridized carbons (Fsp3) is 0.333. The molecule has 0 aromatic heterocycles. The largest absolute Gasteiger partial charge is 0.493 e. The molecule has 0 saturated carbocycles. The van der Waals surface area contributed by atoms with E-state index in [0.717, 1.165) is 6.26 Å². The Hall–Kier alpha value is -0.950. The molecule has 1 aromatic rings. The van der Waals surface area contributed by atoms with E-state index in [4.69, 9.17) is 13.7 Å². The van der Waals surface area contributed by atoms with Crippen LogP contribution in [0.4, 0.5) is 0 Å². The highest BCUT2D eigenvalue weighted by atomic mass is 79.9. The van der Waals surface area contributed by atoms with Gasteiger partial charge in [0.2, 0.25) is 0 Å². The minimum Gasteiger partial charge on any atom is -0.493 e. The van der Waals surface area contributed by atoms with E-state index < -0.39 is 10.1 Å². The van der Waals surface area contributed by atoms with Crippen LogP contribution in [0.1, 0.15) is 0 Å². The van der Waals surface area contributed by atoms with Gasteiger partial charge in [-0.25, -0.2) is 0 Å². The lowest BCUT2D eigenvalue weighted by molar-refractivity contribution is 0.351. The van der Waals surface area contributed by atoms with Crippen LogP contribution < -0.4 is 13.7 Å². The number of methoxy groups -OCH3 is 2. The Morgan fingerprint density at radius 3 is 2.25 bits per heavy atom. The Labute approximate surface area is 103 Å². The first-order chi connectivity index (χ1) is 7.37. The Morgan fingerprint density at radius 2 is 1.81 bits per heavy atom. The van der Waals surface area contributed by atoms with Crippen LogP contribution in [0.3, 0.4) is 0 Å². The minimum atomic E-state index is -3.56. The number of hydrogen-bond donors (Lipinski definition) is 0. The van der Waals surface area contributed by atoms with Gasteiger partial charge in [0.15, 0.2) is 11.5 Å². The summed E-state index contributed by atoms with van der Waals surface area (Å²) in [4.78, 5) is 0. The summed E-state index contributed by atoms with van der Waals surface area (Å²) < 4.78 is 37.3. The molecule has 0 unspecified atom stereocenters. The summed E-state index contributed by atoms with van der Waals surface area (Å²) in [6.45, 7) is 0. The SMILES string of the molecule is COc1cc(OS(C)(=O)=O)cc(Br)c1OC. The average Bonchev–Trinajstić information content (AvgIpc) is 2.14. The normalized spacial score (nSPS) is 11.0. The average molecular weight is 311 g/mol. The van der Waals surface area contributed by atoms with E-state index in [1.165, 1.54) is 26.4 Å². The van der Waals surface area contributed by atoms with Crippen LogP contribution in [0.5, 0.6) is 17.2 Å². The van der Waals surface area contributed by atoms with Crippen LogP contribution in [0, 0.1) is 0 Å². The van der Waals surface area contributed by atoms with Gasteiger partial charge in [0.1, 0.15) is 5.75 Å². The molecule has 0 amide bonds. The molecule has 0 atom stereocenters. The second-order valence-electron chi connectivity index (χ2n) is 2.93. The molecule has 16 heavy (non-hydrogen) atoms. The van der Waals surface area contributed by atoms with Crippen molar-refractivity contribution in [3.8, 4) is 17.2 Å². The number of benzene rings is 1. The molecular formula is C9H11BrO5S. The monoisotopic (exact) mass is 310 g/mol. The van der Waals surface area contributed by atoms with Gasteiger partial charge >= 0.3 is 10.1 Å². The molecule has 0 aliphatic rings. The molecule has 0 aliphatic carbocycles.